The maximum atomic E-state index is 2.37. The fourth-order valence-electron chi connectivity index (χ4n) is 3.36. The number of hydrogen-bond acceptors (Lipinski definition) is 0. The maximum absolute atomic E-state index is 2.37. The van der Waals surface area contributed by atoms with Crippen molar-refractivity contribution in [3.8, 4) is 11.1 Å². The molecule has 2 rings (SSSR count). The van der Waals surface area contributed by atoms with Gasteiger partial charge in [0.05, 0.1) is 0 Å². The van der Waals surface area contributed by atoms with E-state index in [1.165, 1.54) is 73.6 Å². The zero-order valence-corrected chi connectivity index (χ0v) is 15.9. The molecule has 0 unspecified atom stereocenters. The summed E-state index contributed by atoms with van der Waals surface area (Å²) < 4.78 is 0. The fraction of sp³-hybridized carbons (Fsp3) is 0.500. The summed E-state index contributed by atoms with van der Waals surface area (Å²) in [5.74, 6) is 0.584. The van der Waals surface area contributed by atoms with Gasteiger partial charge in [0.25, 0.3) is 0 Å². The van der Waals surface area contributed by atoms with Gasteiger partial charge >= 0.3 is 0 Å². The van der Waals surface area contributed by atoms with Gasteiger partial charge in [-0.3, -0.25) is 0 Å². The van der Waals surface area contributed by atoms with Gasteiger partial charge in [-0.1, -0.05) is 108 Å². The Morgan fingerprint density at radius 1 is 0.750 bits per heavy atom. The summed E-state index contributed by atoms with van der Waals surface area (Å²) in [4.78, 5) is 0. The molecule has 0 saturated carbocycles. The lowest BCUT2D eigenvalue weighted by Gasteiger charge is -2.12. The van der Waals surface area contributed by atoms with Crippen molar-refractivity contribution in [3.63, 3.8) is 0 Å². The van der Waals surface area contributed by atoms with Crippen molar-refractivity contribution < 1.29 is 0 Å². The molecule has 0 heteroatoms. The molecule has 0 aliphatic rings. The molecule has 0 fully saturated rings. The standard InChI is InChI=1S/C24H34/c1-4-5-6-7-8-9-10-14-21-15-11-12-18-24(21)23-17-13-16-22(19-23)20(2)3/h11-13,15-20H,4-10,14H2,1-3H3. The molecule has 0 nitrogen and oxygen atoms in total. The second kappa shape index (κ2) is 10.3. The van der Waals surface area contributed by atoms with Gasteiger partial charge < -0.3 is 0 Å². The minimum Gasteiger partial charge on any atom is -0.0654 e. The molecule has 0 spiro atoms. The van der Waals surface area contributed by atoms with Crippen LogP contribution in [0.5, 0.6) is 0 Å². The maximum Gasteiger partial charge on any atom is -0.0152 e. The van der Waals surface area contributed by atoms with E-state index in [2.05, 4.69) is 69.3 Å². The van der Waals surface area contributed by atoms with E-state index >= 15 is 0 Å². The van der Waals surface area contributed by atoms with Crippen LogP contribution < -0.4 is 0 Å². The van der Waals surface area contributed by atoms with E-state index in [-0.39, 0.29) is 0 Å². The first kappa shape index (κ1) is 18.8. The predicted octanol–water partition coefficient (Wildman–Crippen LogP) is 7.77. The number of hydrogen-bond donors (Lipinski definition) is 0. The van der Waals surface area contributed by atoms with Crippen molar-refractivity contribution in [3.05, 3.63) is 59.7 Å². The molecule has 0 bridgehead atoms. The first-order chi connectivity index (χ1) is 11.7. The molecular weight excluding hydrogens is 288 g/mol. The minimum atomic E-state index is 0.584. The van der Waals surface area contributed by atoms with Crippen molar-refractivity contribution in [2.24, 2.45) is 0 Å². The molecule has 0 radical (unpaired) electrons. The summed E-state index contributed by atoms with van der Waals surface area (Å²) in [7, 11) is 0. The van der Waals surface area contributed by atoms with Crippen LogP contribution in [0.25, 0.3) is 11.1 Å². The second-order valence-electron chi connectivity index (χ2n) is 7.31. The molecular formula is C24H34. The van der Waals surface area contributed by atoms with Crippen molar-refractivity contribution in [1.29, 1.82) is 0 Å². The van der Waals surface area contributed by atoms with Crippen LogP contribution in [0.1, 0.15) is 82.8 Å². The lowest BCUT2D eigenvalue weighted by molar-refractivity contribution is 0.589. The van der Waals surface area contributed by atoms with Gasteiger partial charge in [0, 0.05) is 0 Å². The SMILES string of the molecule is CCCCCCCCCc1ccccc1-c1cccc(C(C)C)c1. The smallest absolute Gasteiger partial charge is 0.0152 e. The molecule has 0 atom stereocenters. The summed E-state index contributed by atoms with van der Waals surface area (Å²) in [5.41, 5.74) is 5.73. The number of rotatable bonds is 10. The normalized spacial score (nSPS) is 11.2. The van der Waals surface area contributed by atoms with Gasteiger partial charge in [-0.2, -0.15) is 0 Å². The molecule has 0 saturated heterocycles. The largest absolute Gasteiger partial charge is 0.0654 e. The van der Waals surface area contributed by atoms with Crippen LogP contribution in [0, 0.1) is 0 Å². The Kier molecular flexibility index (Phi) is 8.08. The highest BCUT2D eigenvalue weighted by Gasteiger charge is 2.06. The highest BCUT2D eigenvalue weighted by atomic mass is 14.1. The lowest BCUT2D eigenvalue weighted by Crippen LogP contribution is -1.93. The fourth-order valence-corrected chi connectivity index (χ4v) is 3.36. The number of benzene rings is 2. The third kappa shape index (κ3) is 5.82. The molecule has 0 N–H and O–H groups in total. The van der Waals surface area contributed by atoms with E-state index in [4.69, 9.17) is 0 Å². The van der Waals surface area contributed by atoms with E-state index in [1.54, 1.807) is 0 Å². The minimum absolute atomic E-state index is 0.584. The number of aryl methyl sites for hydroxylation is 1. The van der Waals surface area contributed by atoms with Crippen molar-refractivity contribution in [2.75, 3.05) is 0 Å². The summed E-state index contributed by atoms with van der Waals surface area (Å²) >= 11 is 0. The van der Waals surface area contributed by atoms with Gasteiger partial charge in [-0.05, 0) is 41.0 Å². The van der Waals surface area contributed by atoms with Gasteiger partial charge in [-0.15, -0.1) is 0 Å². The topological polar surface area (TPSA) is 0 Å². The molecule has 130 valence electrons. The van der Waals surface area contributed by atoms with Gasteiger partial charge in [0.2, 0.25) is 0 Å². The van der Waals surface area contributed by atoms with Crippen LogP contribution >= 0.6 is 0 Å². The van der Waals surface area contributed by atoms with Gasteiger partial charge in [0.1, 0.15) is 0 Å². The lowest BCUT2D eigenvalue weighted by atomic mass is 9.92. The molecule has 0 heterocycles. The van der Waals surface area contributed by atoms with Crippen molar-refractivity contribution in [2.45, 2.75) is 78.1 Å². The summed E-state index contributed by atoms with van der Waals surface area (Å²) in [6.45, 7) is 6.82. The molecule has 0 aromatic heterocycles. The first-order valence-corrected chi connectivity index (χ1v) is 9.90. The van der Waals surface area contributed by atoms with Crippen LogP contribution in [-0.2, 0) is 6.42 Å². The monoisotopic (exact) mass is 322 g/mol. The molecule has 0 aliphatic carbocycles. The van der Waals surface area contributed by atoms with Crippen LogP contribution in [0.4, 0.5) is 0 Å². The highest BCUT2D eigenvalue weighted by molar-refractivity contribution is 5.68. The van der Waals surface area contributed by atoms with Gasteiger partial charge in [-0.25, -0.2) is 0 Å². The zero-order valence-electron chi connectivity index (χ0n) is 15.9. The Balaban J connectivity index is 1.96. The predicted molar refractivity (Wildman–Crippen MR) is 108 cm³/mol. The molecule has 0 amide bonds. The zero-order chi connectivity index (χ0) is 17.2. The average Bonchev–Trinajstić information content (AvgIpc) is 2.61. The Hall–Kier alpha value is -1.56. The summed E-state index contributed by atoms with van der Waals surface area (Å²) in [6.07, 6.45) is 10.8. The molecule has 2 aromatic rings. The summed E-state index contributed by atoms with van der Waals surface area (Å²) in [6, 6.07) is 18.0. The van der Waals surface area contributed by atoms with Crippen LogP contribution in [-0.4, -0.2) is 0 Å². The third-order valence-electron chi connectivity index (χ3n) is 4.93. The Labute approximate surface area is 149 Å². The average molecular weight is 323 g/mol. The number of unbranched alkanes of at least 4 members (excludes halogenated alkanes) is 6. The molecule has 2 aromatic carbocycles. The first-order valence-electron chi connectivity index (χ1n) is 9.90. The van der Waals surface area contributed by atoms with Crippen LogP contribution in [0.3, 0.4) is 0 Å². The van der Waals surface area contributed by atoms with Crippen LogP contribution in [0.15, 0.2) is 48.5 Å². The van der Waals surface area contributed by atoms with E-state index in [0.717, 1.165) is 0 Å². The Bertz CT molecular complexity index is 594. The third-order valence-corrected chi connectivity index (χ3v) is 4.93. The second-order valence-corrected chi connectivity index (χ2v) is 7.31. The molecule has 24 heavy (non-hydrogen) atoms. The van der Waals surface area contributed by atoms with E-state index in [0.29, 0.717) is 5.92 Å². The summed E-state index contributed by atoms with van der Waals surface area (Å²) in [5, 5.41) is 0. The van der Waals surface area contributed by atoms with Crippen LogP contribution in [0.2, 0.25) is 0 Å². The van der Waals surface area contributed by atoms with E-state index < -0.39 is 0 Å². The van der Waals surface area contributed by atoms with E-state index in [1.807, 2.05) is 0 Å². The van der Waals surface area contributed by atoms with Crippen molar-refractivity contribution in [1.82, 2.24) is 0 Å². The Morgan fingerprint density at radius 3 is 2.21 bits per heavy atom. The van der Waals surface area contributed by atoms with Gasteiger partial charge in [0.15, 0.2) is 0 Å². The Morgan fingerprint density at radius 2 is 1.46 bits per heavy atom. The highest BCUT2D eigenvalue weighted by Crippen LogP contribution is 2.28. The van der Waals surface area contributed by atoms with Crippen molar-refractivity contribution >= 4 is 0 Å². The quantitative estimate of drug-likeness (QED) is 0.392. The molecule has 0 aliphatic heterocycles. The van der Waals surface area contributed by atoms with E-state index in [9.17, 15) is 0 Å².